The lowest BCUT2D eigenvalue weighted by atomic mass is 9.71. The van der Waals surface area contributed by atoms with Crippen molar-refractivity contribution in [1.29, 1.82) is 0 Å². The zero-order valence-electron chi connectivity index (χ0n) is 21.0. The molecule has 2 amide bonds. The topological polar surface area (TPSA) is 75.9 Å². The SMILES string of the molecule is CC1(C)Cc2c(CN3CCC4(CC3)CCN(C(=O)c3cccc(CC(N)=O)c3)CC4)cccc2O1. The number of primary amides is 1. The summed E-state index contributed by atoms with van der Waals surface area (Å²) in [7, 11) is 0. The van der Waals surface area contributed by atoms with Gasteiger partial charge in [-0.3, -0.25) is 14.5 Å². The van der Waals surface area contributed by atoms with Gasteiger partial charge in [-0.2, -0.15) is 0 Å². The quantitative estimate of drug-likeness (QED) is 0.711. The van der Waals surface area contributed by atoms with Crippen LogP contribution in [0.4, 0.5) is 0 Å². The van der Waals surface area contributed by atoms with Crippen LogP contribution in [0.1, 0.15) is 66.6 Å². The van der Waals surface area contributed by atoms with E-state index < -0.39 is 0 Å². The van der Waals surface area contributed by atoms with Gasteiger partial charge in [-0.05, 0) is 87.4 Å². The van der Waals surface area contributed by atoms with Gasteiger partial charge in [0.2, 0.25) is 5.91 Å². The van der Waals surface area contributed by atoms with Gasteiger partial charge in [0.25, 0.3) is 5.91 Å². The second kappa shape index (κ2) is 9.30. The molecular weight excluding hydrogens is 438 g/mol. The summed E-state index contributed by atoms with van der Waals surface area (Å²) in [4.78, 5) is 28.9. The first-order valence-corrected chi connectivity index (χ1v) is 12.9. The van der Waals surface area contributed by atoms with Gasteiger partial charge in [-0.1, -0.05) is 24.3 Å². The van der Waals surface area contributed by atoms with Crippen molar-refractivity contribution in [3.05, 3.63) is 64.7 Å². The number of hydrogen-bond acceptors (Lipinski definition) is 4. The first-order chi connectivity index (χ1) is 16.7. The molecule has 0 aliphatic carbocycles. The number of nitrogens with two attached hydrogens (primary N) is 1. The molecule has 1 spiro atoms. The first kappa shape index (κ1) is 23.9. The Morgan fingerprint density at radius 3 is 2.37 bits per heavy atom. The van der Waals surface area contributed by atoms with E-state index in [1.807, 2.05) is 29.2 Å². The van der Waals surface area contributed by atoms with Crippen molar-refractivity contribution < 1.29 is 14.3 Å². The van der Waals surface area contributed by atoms with Gasteiger partial charge in [0.15, 0.2) is 0 Å². The molecule has 2 aromatic rings. The van der Waals surface area contributed by atoms with Crippen LogP contribution in [0.25, 0.3) is 0 Å². The van der Waals surface area contributed by atoms with E-state index in [2.05, 4.69) is 36.9 Å². The highest BCUT2D eigenvalue weighted by atomic mass is 16.5. The maximum atomic E-state index is 13.1. The molecule has 0 radical (unpaired) electrons. The zero-order valence-corrected chi connectivity index (χ0v) is 21.0. The van der Waals surface area contributed by atoms with Crippen LogP contribution in [0.3, 0.4) is 0 Å². The molecule has 0 aromatic heterocycles. The molecule has 0 saturated carbocycles. The fourth-order valence-corrected chi connectivity index (χ4v) is 6.12. The van der Waals surface area contributed by atoms with Crippen molar-refractivity contribution in [1.82, 2.24) is 9.80 Å². The van der Waals surface area contributed by atoms with Crippen molar-refractivity contribution in [3.8, 4) is 5.75 Å². The van der Waals surface area contributed by atoms with Crippen LogP contribution in [-0.4, -0.2) is 53.4 Å². The largest absolute Gasteiger partial charge is 0.487 e. The number of likely N-dealkylation sites (tertiary alicyclic amines) is 2. The van der Waals surface area contributed by atoms with Crippen molar-refractivity contribution >= 4 is 11.8 Å². The fraction of sp³-hybridized carbons (Fsp3) is 0.517. The molecule has 2 fully saturated rings. The highest BCUT2D eigenvalue weighted by Gasteiger charge is 2.39. The predicted octanol–water partition coefficient (Wildman–Crippen LogP) is 3.95. The highest BCUT2D eigenvalue weighted by molar-refractivity contribution is 5.94. The number of fused-ring (bicyclic) bond motifs is 1. The summed E-state index contributed by atoms with van der Waals surface area (Å²) in [6.45, 7) is 9.14. The summed E-state index contributed by atoms with van der Waals surface area (Å²) in [6.07, 6.45) is 5.66. The maximum Gasteiger partial charge on any atom is 0.253 e. The van der Waals surface area contributed by atoms with E-state index in [1.165, 1.54) is 24.0 Å². The summed E-state index contributed by atoms with van der Waals surface area (Å²) in [6, 6.07) is 13.8. The van der Waals surface area contributed by atoms with Crippen LogP contribution >= 0.6 is 0 Å². The van der Waals surface area contributed by atoms with E-state index in [-0.39, 0.29) is 23.8 Å². The molecule has 3 aliphatic heterocycles. The Balaban J connectivity index is 1.15. The molecule has 3 heterocycles. The molecule has 186 valence electrons. The molecule has 2 N–H and O–H groups in total. The Morgan fingerprint density at radius 2 is 1.66 bits per heavy atom. The molecule has 5 rings (SSSR count). The molecule has 2 saturated heterocycles. The molecule has 6 heteroatoms. The lowest BCUT2D eigenvalue weighted by Gasteiger charge is -2.47. The Labute approximate surface area is 208 Å². The number of carbonyl (C=O) groups excluding carboxylic acids is 2. The Bertz CT molecular complexity index is 1110. The van der Waals surface area contributed by atoms with Crippen molar-refractivity contribution in [2.24, 2.45) is 11.1 Å². The van der Waals surface area contributed by atoms with Crippen LogP contribution in [-0.2, 0) is 24.2 Å². The van der Waals surface area contributed by atoms with Crippen LogP contribution in [0.15, 0.2) is 42.5 Å². The number of nitrogens with zero attached hydrogens (tertiary/aromatic N) is 2. The summed E-state index contributed by atoms with van der Waals surface area (Å²) in [5.74, 6) is 0.736. The van der Waals surface area contributed by atoms with Gasteiger partial charge in [0, 0.05) is 37.2 Å². The second-order valence-corrected chi connectivity index (χ2v) is 11.3. The number of hydrogen-bond donors (Lipinski definition) is 1. The molecule has 0 bridgehead atoms. The lowest BCUT2D eigenvalue weighted by Crippen LogP contribution is -2.48. The van der Waals surface area contributed by atoms with Gasteiger partial charge in [0.1, 0.15) is 11.4 Å². The van der Waals surface area contributed by atoms with Gasteiger partial charge < -0.3 is 15.4 Å². The smallest absolute Gasteiger partial charge is 0.253 e. The molecule has 0 atom stereocenters. The van der Waals surface area contributed by atoms with Gasteiger partial charge in [-0.15, -0.1) is 0 Å². The minimum Gasteiger partial charge on any atom is -0.487 e. The minimum atomic E-state index is -0.380. The molecule has 6 nitrogen and oxygen atoms in total. The van der Waals surface area contributed by atoms with E-state index >= 15 is 0 Å². The van der Waals surface area contributed by atoms with Crippen LogP contribution < -0.4 is 10.5 Å². The van der Waals surface area contributed by atoms with E-state index in [9.17, 15) is 9.59 Å². The van der Waals surface area contributed by atoms with Gasteiger partial charge in [0.05, 0.1) is 6.42 Å². The number of amides is 2. The zero-order chi connectivity index (χ0) is 24.6. The van der Waals surface area contributed by atoms with E-state index in [1.54, 1.807) is 0 Å². The molecular formula is C29H37N3O3. The average molecular weight is 476 g/mol. The van der Waals surface area contributed by atoms with Crippen LogP contribution in [0.2, 0.25) is 0 Å². The van der Waals surface area contributed by atoms with E-state index in [0.717, 1.165) is 63.3 Å². The summed E-state index contributed by atoms with van der Waals surface area (Å²) in [5.41, 5.74) is 9.79. The van der Waals surface area contributed by atoms with E-state index in [0.29, 0.717) is 11.0 Å². The number of carbonyl (C=O) groups is 2. The van der Waals surface area contributed by atoms with Crippen molar-refractivity contribution in [2.45, 2.75) is 64.5 Å². The average Bonchev–Trinajstić information content (AvgIpc) is 3.15. The van der Waals surface area contributed by atoms with Crippen molar-refractivity contribution in [3.63, 3.8) is 0 Å². The third-order valence-electron chi connectivity index (χ3n) is 8.19. The van der Waals surface area contributed by atoms with Crippen LogP contribution in [0, 0.1) is 5.41 Å². The molecule has 0 unspecified atom stereocenters. The summed E-state index contributed by atoms with van der Waals surface area (Å²) >= 11 is 0. The first-order valence-electron chi connectivity index (χ1n) is 12.9. The molecule has 2 aromatic carbocycles. The molecule has 35 heavy (non-hydrogen) atoms. The molecule has 3 aliphatic rings. The second-order valence-electron chi connectivity index (χ2n) is 11.3. The van der Waals surface area contributed by atoms with Gasteiger partial charge >= 0.3 is 0 Å². The fourth-order valence-electron chi connectivity index (χ4n) is 6.12. The third kappa shape index (κ3) is 5.22. The summed E-state index contributed by atoms with van der Waals surface area (Å²) < 4.78 is 6.13. The Hall–Kier alpha value is -2.86. The lowest BCUT2D eigenvalue weighted by molar-refractivity contribution is -0.117. The van der Waals surface area contributed by atoms with Crippen LogP contribution in [0.5, 0.6) is 5.75 Å². The number of ether oxygens (including phenoxy) is 1. The predicted molar refractivity (Wildman–Crippen MR) is 136 cm³/mol. The van der Waals surface area contributed by atoms with Crippen molar-refractivity contribution in [2.75, 3.05) is 26.2 Å². The number of rotatable bonds is 5. The number of benzene rings is 2. The Kier molecular flexibility index (Phi) is 6.34. The monoisotopic (exact) mass is 475 g/mol. The van der Waals surface area contributed by atoms with E-state index in [4.69, 9.17) is 10.5 Å². The minimum absolute atomic E-state index is 0.0617. The normalized spacial score (nSPS) is 20.9. The number of piperidine rings is 2. The highest BCUT2D eigenvalue weighted by Crippen LogP contribution is 2.42. The summed E-state index contributed by atoms with van der Waals surface area (Å²) in [5, 5.41) is 0. The van der Waals surface area contributed by atoms with Gasteiger partial charge in [-0.25, -0.2) is 0 Å². The maximum absolute atomic E-state index is 13.1. The standard InChI is InChI=1S/C29H37N3O3/c1-28(2)19-24-23(7-4-8-25(24)35-28)20-31-13-9-29(10-14-31)11-15-32(16-12-29)27(34)22-6-3-5-21(17-22)18-26(30)33/h3-8,17H,9-16,18-20H2,1-2H3,(H2,30,33). The third-order valence-corrected chi connectivity index (χ3v) is 8.19. The Morgan fingerprint density at radius 1 is 0.971 bits per heavy atom.